The number of nitrogen functional groups attached to an aromatic ring is 1. The fourth-order valence-corrected chi connectivity index (χ4v) is 3.94. The summed E-state index contributed by atoms with van der Waals surface area (Å²) in [5.74, 6) is -0.698. The van der Waals surface area contributed by atoms with Crippen LogP contribution in [0.25, 0.3) is 0 Å². The zero-order chi connectivity index (χ0) is 14.8. The van der Waals surface area contributed by atoms with Gasteiger partial charge in [-0.25, -0.2) is 12.8 Å². The summed E-state index contributed by atoms with van der Waals surface area (Å²) in [6, 6.07) is 3.88. The average Bonchev–Trinajstić information content (AvgIpc) is 2.42. The Kier molecular flexibility index (Phi) is 4.62. The Labute approximate surface area is 119 Å². The monoisotopic (exact) mass is 301 g/mol. The third kappa shape index (κ3) is 2.94. The molecule has 112 valence electrons. The van der Waals surface area contributed by atoms with Crippen LogP contribution < -0.4 is 5.73 Å². The fourth-order valence-electron chi connectivity index (χ4n) is 2.39. The Bertz CT molecular complexity index is 569. The van der Waals surface area contributed by atoms with Crippen molar-refractivity contribution in [2.24, 2.45) is 0 Å². The molecule has 0 amide bonds. The first-order valence-electron chi connectivity index (χ1n) is 6.73. The first kappa shape index (κ1) is 15.2. The summed E-state index contributed by atoms with van der Waals surface area (Å²) in [4.78, 5) is 2.09. The second kappa shape index (κ2) is 6.07. The molecule has 1 heterocycles. The van der Waals surface area contributed by atoms with Gasteiger partial charge in [0.25, 0.3) is 0 Å². The summed E-state index contributed by atoms with van der Waals surface area (Å²) in [5, 5.41) is 0. The lowest BCUT2D eigenvalue weighted by molar-refractivity contribution is 0.188. The number of hydrogen-bond donors (Lipinski definition) is 1. The first-order chi connectivity index (χ1) is 9.46. The van der Waals surface area contributed by atoms with Crippen LogP contribution in [0.5, 0.6) is 0 Å². The molecular formula is C13H20FN3O2S. The van der Waals surface area contributed by atoms with Gasteiger partial charge in [-0.05, 0) is 25.1 Å². The second-order valence-corrected chi connectivity index (χ2v) is 6.80. The number of nitrogens with two attached hydrogens (primary N) is 1. The molecule has 0 spiro atoms. The smallest absolute Gasteiger partial charge is 0.245 e. The lowest BCUT2D eigenvalue weighted by atomic mass is 10.3. The highest BCUT2D eigenvalue weighted by atomic mass is 32.2. The second-order valence-electron chi connectivity index (χ2n) is 4.90. The molecule has 0 saturated carbocycles. The molecule has 1 aliphatic rings. The normalized spacial score (nSPS) is 18.3. The lowest BCUT2D eigenvalue weighted by Crippen LogP contribution is -2.48. The number of sulfonamides is 1. The predicted molar refractivity (Wildman–Crippen MR) is 76.3 cm³/mol. The van der Waals surface area contributed by atoms with Crippen LogP contribution in [-0.2, 0) is 10.0 Å². The van der Waals surface area contributed by atoms with Gasteiger partial charge in [0.15, 0.2) is 0 Å². The Morgan fingerprint density at radius 1 is 1.25 bits per heavy atom. The van der Waals surface area contributed by atoms with Gasteiger partial charge < -0.3 is 10.6 Å². The molecule has 1 aromatic carbocycles. The lowest BCUT2D eigenvalue weighted by Gasteiger charge is -2.33. The van der Waals surface area contributed by atoms with E-state index in [4.69, 9.17) is 5.73 Å². The molecule has 2 N–H and O–H groups in total. The highest BCUT2D eigenvalue weighted by Gasteiger charge is 2.30. The molecule has 5 nitrogen and oxygen atoms in total. The number of piperazine rings is 1. The van der Waals surface area contributed by atoms with Crippen molar-refractivity contribution >= 4 is 15.7 Å². The van der Waals surface area contributed by atoms with Gasteiger partial charge in [0.1, 0.15) is 10.7 Å². The largest absolute Gasteiger partial charge is 0.395 e. The highest BCUT2D eigenvalue weighted by molar-refractivity contribution is 7.89. The molecule has 0 atom stereocenters. The summed E-state index contributed by atoms with van der Waals surface area (Å²) in [6.45, 7) is 5.29. The zero-order valence-electron chi connectivity index (χ0n) is 11.5. The molecule has 0 bridgehead atoms. The van der Waals surface area contributed by atoms with E-state index in [-0.39, 0.29) is 10.6 Å². The number of benzene rings is 1. The topological polar surface area (TPSA) is 66.6 Å². The summed E-state index contributed by atoms with van der Waals surface area (Å²) >= 11 is 0. The van der Waals surface area contributed by atoms with Crippen molar-refractivity contribution in [1.82, 2.24) is 9.21 Å². The van der Waals surface area contributed by atoms with Crippen LogP contribution in [0, 0.1) is 5.82 Å². The van der Waals surface area contributed by atoms with Crippen LogP contribution in [0.1, 0.15) is 13.3 Å². The molecule has 0 aliphatic carbocycles. The molecule has 1 aromatic rings. The van der Waals surface area contributed by atoms with E-state index in [0.717, 1.165) is 19.0 Å². The standard InChI is InChI=1S/C13H20FN3O2S/c1-2-6-16-7-9-17(10-8-16)20(18,19)12-5-3-4-11(14)13(12)15/h3-5H,2,6-10,15H2,1H3. The van der Waals surface area contributed by atoms with E-state index >= 15 is 0 Å². The summed E-state index contributed by atoms with van der Waals surface area (Å²) in [7, 11) is -3.71. The van der Waals surface area contributed by atoms with E-state index in [9.17, 15) is 12.8 Å². The SMILES string of the molecule is CCCN1CCN(S(=O)(=O)c2cccc(F)c2N)CC1. The van der Waals surface area contributed by atoms with Crippen LogP contribution in [0.15, 0.2) is 23.1 Å². The summed E-state index contributed by atoms with van der Waals surface area (Å²) in [5.41, 5.74) is 5.26. The van der Waals surface area contributed by atoms with E-state index < -0.39 is 15.8 Å². The minimum absolute atomic E-state index is 0.138. The van der Waals surface area contributed by atoms with Crippen LogP contribution in [-0.4, -0.2) is 50.3 Å². The number of rotatable bonds is 4. The Hall–Kier alpha value is -1.18. The van der Waals surface area contributed by atoms with Gasteiger partial charge >= 0.3 is 0 Å². The maximum Gasteiger partial charge on any atom is 0.245 e. The molecule has 20 heavy (non-hydrogen) atoms. The van der Waals surface area contributed by atoms with Gasteiger partial charge in [0, 0.05) is 26.2 Å². The molecule has 0 unspecified atom stereocenters. The molecule has 1 saturated heterocycles. The van der Waals surface area contributed by atoms with Gasteiger partial charge in [-0.3, -0.25) is 0 Å². The van der Waals surface area contributed by atoms with Gasteiger partial charge in [0.05, 0.1) is 5.69 Å². The van der Waals surface area contributed by atoms with Crippen LogP contribution in [0.2, 0.25) is 0 Å². The van der Waals surface area contributed by atoms with E-state index in [2.05, 4.69) is 11.8 Å². The number of nitrogens with zero attached hydrogens (tertiary/aromatic N) is 2. The Morgan fingerprint density at radius 3 is 2.50 bits per heavy atom. The van der Waals surface area contributed by atoms with E-state index in [0.29, 0.717) is 26.2 Å². The summed E-state index contributed by atoms with van der Waals surface area (Å²) in [6.07, 6.45) is 1.05. The van der Waals surface area contributed by atoms with Gasteiger partial charge in [0.2, 0.25) is 10.0 Å². The fraction of sp³-hybridized carbons (Fsp3) is 0.538. The zero-order valence-corrected chi connectivity index (χ0v) is 12.4. The molecule has 1 fully saturated rings. The van der Waals surface area contributed by atoms with Crippen molar-refractivity contribution in [2.75, 3.05) is 38.5 Å². The van der Waals surface area contributed by atoms with Crippen molar-refractivity contribution in [3.63, 3.8) is 0 Å². The van der Waals surface area contributed by atoms with Gasteiger partial charge in [-0.15, -0.1) is 0 Å². The van der Waals surface area contributed by atoms with Gasteiger partial charge in [-0.1, -0.05) is 13.0 Å². The minimum Gasteiger partial charge on any atom is -0.395 e. The third-order valence-corrected chi connectivity index (χ3v) is 5.46. The van der Waals surface area contributed by atoms with E-state index in [1.807, 2.05) is 0 Å². The Morgan fingerprint density at radius 2 is 1.90 bits per heavy atom. The van der Waals surface area contributed by atoms with Crippen LogP contribution in [0.3, 0.4) is 0 Å². The third-order valence-electron chi connectivity index (χ3n) is 3.50. The van der Waals surface area contributed by atoms with Crippen molar-refractivity contribution in [1.29, 1.82) is 0 Å². The van der Waals surface area contributed by atoms with E-state index in [1.165, 1.54) is 16.4 Å². The molecule has 2 rings (SSSR count). The molecule has 0 radical (unpaired) electrons. The highest BCUT2D eigenvalue weighted by Crippen LogP contribution is 2.25. The molecule has 7 heteroatoms. The van der Waals surface area contributed by atoms with Crippen molar-refractivity contribution in [2.45, 2.75) is 18.2 Å². The number of halogens is 1. The molecular weight excluding hydrogens is 281 g/mol. The van der Waals surface area contributed by atoms with Crippen LogP contribution in [0.4, 0.5) is 10.1 Å². The average molecular weight is 301 g/mol. The first-order valence-corrected chi connectivity index (χ1v) is 8.17. The quantitative estimate of drug-likeness (QED) is 0.847. The van der Waals surface area contributed by atoms with Crippen LogP contribution >= 0.6 is 0 Å². The number of anilines is 1. The molecule has 0 aromatic heterocycles. The summed E-state index contributed by atoms with van der Waals surface area (Å²) < 4.78 is 39.8. The molecule has 1 aliphatic heterocycles. The van der Waals surface area contributed by atoms with Crippen molar-refractivity contribution < 1.29 is 12.8 Å². The number of para-hydroxylation sites is 1. The maximum absolute atomic E-state index is 13.4. The number of hydrogen-bond acceptors (Lipinski definition) is 4. The predicted octanol–water partition coefficient (Wildman–Crippen LogP) is 1.12. The maximum atomic E-state index is 13.4. The van der Waals surface area contributed by atoms with E-state index in [1.54, 1.807) is 0 Å². The van der Waals surface area contributed by atoms with Gasteiger partial charge in [-0.2, -0.15) is 4.31 Å². The van der Waals surface area contributed by atoms with Crippen molar-refractivity contribution in [3.05, 3.63) is 24.0 Å². The minimum atomic E-state index is -3.71. The Balaban J connectivity index is 2.18. The van der Waals surface area contributed by atoms with Crippen molar-refractivity contribution in [3.8, 4) is 0 Å².